The van der Waals surface area contributed by atoms with Gasteiger partial charge in [0.2, 0.25) is 0 Å². The molecule has 5 heteroatoms. The van der Waals surface area contributed by atoms with Gasteiger partial charge in [0.05, 0.1) is 11.2 Å². The second-order valence-corrected chi connectivity index (χ2v) is 15.4. The van der Waals surface area contributed by atoms with Crippen molar-refractivity contribution in [3.05, 3.63) is 64.2 Å². The first-order valence-electron chi connectivity index (χ1n) is 17.9. The van der Waals surface area contributed by atoms with Crippen LogP contribution in [-0.4, -0.2) is 32.6 Å². The molecule has 0 spiro atoms. The van der Waals surface area contributed by atoms with Gasteiger partial charge in [0.1, 0.15) is 34.7 Å². The van der Waals surface area contributed by atoms with E-state index < -0.39 is 5.60 Å². The third kappa shape index (κ3) is 6.86. The number of allylic oxidation sites excluding steroid dienone is 2. The van der Waals surface area contributed by atoms with Gasteiger partial charge in [0, 0.05) is 11.5 Å². The number of rotatable bonds is 8. The summed E-state index contributed by atoms with van der Waals surface area (Å²) in [6, 6.07) is 8.04. The minimum Gasteiger partial charge on any atom is -0.508 e. The second kappa shape index (κ2) is 13.7. The van der Waals surface area contributed by atoms with E-state index in [0.717, 1.165) is 85.1 Å². The van der Waals surface area contributed by atoms with Crippen molar-refractivity contribution in [3.8, 4) is 23.0 Å². The van der Waals surface area contributed by atoms with E-state index >= 15 is 0 Å². The van der Waals surface area contributed by atoms with Crippen LogP contribution in [0.5, 0.6) is 23.0 Å². The Balaban J connectivity index is 0.000000182. The maximum atomic E-state index is 10.8. The number of aromatic hydroxyl groups is 2. The monoisotopic (exact) mass is 630 g/mol. The number of phenolic OH excluding ortho intramolecular Hbond substituents is 2. The van der Waals surface area contributed by atoms with Crippen molar-refractivity contribution in [1.29, 1.82) is 0 Å². The summed E-state index contributed by atoms with van der Waals surface area (Å²) in [7, 11) is 0. The number of aryl methyl sites for hydroxylation is 2. The van der Waals surface area contributed by atoms with Crippen LogP contribution >= 0.6 is 0 Å². The molecule has 2 aliphatic carbocycles. The lowest BCUT2D eigenvalue weighted by atomic mass is 9.66. The number of ether oxygens (including phenoxy) is 2. The zero-order valence-electron chi connectivity index (χ0n) is 29.5. The fourth-order valence-corrected chi connectivity index (χ4v) is 8.37. The molecular formula is C41H58O5. The number of unbranched alkanes of at least 4 members (excludes halogenated alkanes) is 3. The van der Waals surface area contributed by atoms with Gasteiger partial charge in [0.25, 0.3) is 0 Å². The molecule has 1 fully saturated rings. The largest absolute Gasteiger partial charge is 0.508 e. The minimum atomic E-state index is -0.871. The van der Waals surface area contributed by atoms with Gasteiger partial charge in [-0.1, -0.05) is 52.2 Å². The third-order valence-electron chi connectivity index (χ3n) is 11.0. The molecule has 2 aliphatic heterocycles. The molecule has 252 valence electrons. The lowest BCUT2D eigenvalue weighted by Crippen LogP contribution is -2.50. The Labute approximate surface area is 277 Å². The molecule has 0 amide bonds. The third-order valence-corrected chi connectivity index (χ3v) is 11.0. The number of aliphatic hydroxyl groups is 1. The highest BCUT2D eigenvalue weighted by Gasteiger charge is 2.53. The second-order valence-electron chi connectivity index (χ2n) is 15.4. The molecule has 5 atom stereocenters. The van der Waals surface area contributed by atoms with E-state index in [1.807, 2.05) is 26.0 Å². The summed E-state index contributed by atoms with van der Waals surface area (Å²) in [4.78, 5) is 0. The van der Waals surface area contributed by atoms with E-state index in [4.69, 9.17) is 9.47 Å². The highest BCUT2D eigenvalue weighted by molar-refractivity contribution is 5.81. The van der Waals surface area contributed by atoms with Gasteiger partial charge < -0.3 is 24.8 Å². The fourth-order valence-electron chi connectivity index (χ4n) is 8.37. The first-order chi connectivity index (χ1) is 21.8. The molecular weight excluding hydrogens is 572 g/mol. The topological polar surface area (TPSA) is 79.2 Å². The van der Waals surface area contributed by atoms with E-state index in [1.54, 1.807) is 0 Å². The highest BCUT2D eigenvalue weighted by atomic mass is 16.5. The lowest BCUT2D eigenvalue weighted by Gasteiger charge is -2.42. The molecule has 0 bridgehead atoms. The smallest absolute Gasteiger partial charge is 0.135 e. The summed E-state index contributed by atoms with van der Waals surface area (Å²) in [6.45, 7) is 19.0. The lowest BCUT2D eigenvalue weighted by molar-refractivity contribution is -0.0824. The van der Waals surface area contributed by atoms with Gasteiger partial charge in [-0.3, -0.25) is 0 Å². The molecule has 5 nitrogen and oxygen atoms in total. The standard InChI is InChI=1S/C21H30O3.C20H28O2/c1-5-6-7-8-14-11-16(22)19-17(12-14)24-20-18(19)15(13(2)3)9-10-21(20,4)23;1-5-6-7-14-11-17(21)19-15-10-13(2)8-9-16(15)20(3,4)22-18(19)12-14/h11-12,15,18,20,22-23H,2,5-10H2,1,3-4H3;11-13,21H,5-10H2,1-4H3/t15-,18+,20-,21-;/m0./s1. The average Bonchev–Trinajstić information content (AvgIpc) is 3.37. The van der Waals surface area contributed by atoms with Crippen LogP contribution < -0.4 is 9.47 Å². The molecule has 3 N–H and O–H groups in total. The Morgan fingerprint density at radius 2 is 1.57 bits per heavy atom. The summed E-state index contributed by atoms with van der Waals surface area (Å²) in [5.41, 5.74) is 6.82. The number of phenols is 2. The summed E-state index contributed by atoms with van der Waals surface area (Å²) < 4.78 is 12.5. The van der Waals surface area contributed by atoms with Gasteiger partial charge in [-0.15, -0.1) is 0 Å². The maximum Gasteiger partial charge on any atom is 0.135 e. The van der Waals surface area contributed by atoms with Crippen LogP contribution in [0.4, 0.5) is 0 Å². The molecule has 0 saturated heterocycles. The van der Waals surface area contributed by atoms with E-state index in [0.29, 0.717) is 23.8 Å². The number of benzene rings is 2. The summed E-state index contributed by atoms with van der Waals surface area (Å²) in [6.07, 6.45) is 12.4. The first-order valence-corrected chi connectivity index (χ1v) is 17.9. The van der Waals surface area contributed by atoms with Crippen molar-refractivity contribution in [1.82, 2.24) is 0 Å². The Kier molecular flexibility index (Phi) is 10.2. The van der Waals surface area contributed by atoms with Crippen LogP contribution in [0.1, 0.15) is 141 Å². The van der Waals surface area contributed by atoms with Crippen molar-refractivity contribution < 1.29 is 24.8 Å². The summed E-state index contributed by atoms with van der Waals surface area (Å²) >= 11 is 0. The molecule has 1 saturated carbocycles. The van der Waals surface area contributed by atoms with Crippen LogP contribution in [0.3, 0.4) is 0 Å². The van der Waals surface area contributed by atoms with Crippen molar-refractivity contribution in [3.63, 3.8) is 0 Å². The average molecular weight is 631 g/mol. The molecule has 0 radical (unpaired) electrons. The molecule has 2 aromatic carbocycles. The first kappa shape index (κ1) is 34.4. The van der Waals surface area contributed by atoms with Crippen LogP contribution in [0.2, 0.25) is 0 Å². The van der Waals surface area contributed by atoms with E-state index in [1.165, 1.54) is 36.0 Å². The molecule has 0 aromatic heterocycles. The van der Waals surface area contributed by atoms with Crippen molar-refractivity contribution in [2.75, 3.05) is 0 Å². The van der Waals surface area contributed by atoms with Crippen molar-refractivity contribution >= 4 is 5.57 Å². The molecule has 6 rings (SSSR count). The van der Waals surface area contributed by atoms with Crippen LogP contribution in [0.15, 0.2) is 42.0 Å². The zero-order valence-corrected chi connectivity index (χ0v) is 29.5. The molecule has 46 heavy (non-hydrogen) atoms. The van der Waals surface area contributed by atoms with Gasteiger partial charge in [0.15, 0.2) is 0 Å². The molecule has 2 heterocycles. The van der Waals surface area contributed by atoms with Gasteiger partial charge in [-0.25, -0.2) is 0 Å². The Morgan fingerprint density at radius 3 is 2.24 bits per heavy atom. The predicted octanol–water partition coefficient (Wildman–Crippen LogP) is 10.2. The SMILES string of the molecule is C=C(C)[C@@H]1CC[C@](C)(O)[C@H]2Oc3cc(CCCCC)cc(O)c3[C@@H]12.CCCCc1cc(O)c2c(c1)OC(C)(C)C1=C2CC(C)CC1. The Bertz CT molecular complexity index is 1460. The predicted molar refractivity (Wildman–Crippen MR) is 188 cm³/mol. The number of fused-ring (bicyclic) bond motifs is 5. The normalized spacial score (nSPS) is 27.2. The van der Waals surface area contributed by atoms with Crippen LogP contribution in [0.25, 0.3) is 5.57 Å². The fraction of sp³-hybridized carbons (Fsp3) is 0.610. The van der Waals surface area contributed by atoms with E-state index in [2.05, 4.69) is 53.3 Å². The van der Waals surface area contributed by atoms with E-state index in [9.17, 15) is 15.3 Å². The van der Waals surface area contributed by atoms with Crippen LogP contribution in [0, 0.1) is 11.8 Å². The van der Waals surface area contributed by atoms with Gasteiger partial charge in [-0.2, -0.15) is 0 Å². The Morgan fingerprint density at radius 1 is 0.913 bits per heavy atom. The highest BCUT2D eigenvalue weighted by Crippen LogP contribution is 2.56. The molecule has 1 unspecified atom stereocenters. The number of hydrogen-bond donors (Lipinski definition) is 3. The summed E-state index contributed by atoms with van der Waals surface area (Å²) in [5, 5.41) is 32.1. The molecule has 4 aliphatic rings. The maximum absolute atomic E-state index is 10.8. The van der Waals surface area contributed by atoms with Crippen molar-refractivity contribution in [2.24, 2.45) is 11.8 Å². The zero-order chi connectivity index (χ0) is 33.4. The quantitative estimate of drug-likeness (QED) is 0.200. The van der Waals surface area contributed by atoms with Crippen molar-refractivity contribution in [2.45, 2.75) is 149 Å². The van der Waals surface area contributed by atoms with Gasteiger partial charge >= 0.3 is 0 Å². The van der Waals surface area contributed by atoms with Gasteiger partial charge in [-0.05, 0) is 144 Å². The van der Waals surface area contributed by atoms with Crippen LogP contribution in [-0.2, 0) is 12.8 Å². The molecule has 2 aromatic rings. The minimum absolute atomic E-state index is 0.00839. The number of hydrogen-bond acceptors (Lipinski definition) is 5. The summed E-state index contributed by atoms with van der Waals surface area (Å²) in [5.74, 6) is 3.27. The Hall–Kier alpha value is -2.92. The van der Waals surface area contributed by atoms with E-state index in [-0.39, 0.29) is 23.5 Å².